The highest BCUT2D eigenvalue weighted by atomic mass is 16.6. The number of hydrogen-bond acceptors (Lipinski definition) is 3. The quantitative estimate of drug-likeness (QED) is 0.383. The van der Waals surface area contributed by atoms with Crippen molar-refractivity contribution in [2.24, 2.45) is 0 Å². The van der Waals surface area contributed by atoms with Crippen LogP contribution in [0.1, 0.15) is 11.1 Å². The van der Waals surface area contributed by atoms with Crippen LogP contribution in [0.3, 0.4) is 0 Å². The minimum atomic E-state index is -0.407. The highest BCUT2D eigenvalue weighted by Gasteiger charge is 2.01. The molecule has 4 nitrogen and oxygen atoms in total. The molecule has 0 amide bonds. The molecule has 22 heavy (non-hydrogen) atoms. The van der Waals surface area contributed by atoms with Crippen LogP contribution in [0.2, 0.25) is 0 Å². The van der Waals surface area contributed by atoms with Crippen molar-refractivity contribution in [3.63, 3.8) is 0 Å². The molecular formula is C18H16N2O2. The largest absolute Gasteiger partial charge is 0.399 e. The van der Waals surface area contributed by atoms with Gasteiger partial charge in [0.2, 0.25) is 0 Å². The SMILES string of the molecule is Nc1ccc(C=CC=CC=Cc2ccc([N+](=O)[O-])cc2)cc1. The summed E-state index contributed by atoms with van der Waals surface area (Å²) in [6.45, 7) is 0. The Labute approximate surface area is 129 Å². The molecule has 4 heteroatoms. The van der Waals surface area contributed by atoms with E-state index in [2.05, 4.69) is 0 Å². The first kappa shape index (κ1) is 15.3. The van der Waals surface area contributed by atoms with E-state index in [1.807, 2.05) is 60.7 Å². The minimum absolute atomic E-state index is 0.0964. The van der Waals surface area contributed by atoms with Crippen molar-refractivity contribution in [2.45, 2.75) is 0 Å². The van der Waals surface area contributed by atoms with Crippen LogP contribution in [0.15, 0.2) is 72.8 Å². The van der Waals surface area contributed by atoms with E-state index in [9.17, 15) is 10.1 Å². The summed E-state index contributed by atoms with van der Waals surface area (Å²) in [5, 5.41) is 10.5. The Hall–Kier alpha value is -3.14. The molecule has 0 spiro atoms. The van der Waals surface area contributed by atoms with Gasteiger partial charge < -0.3 is 5.73 Å². The number of nitrogens with zero attached hydrogens (tertiary/aromatic N) is 1. The van der Waals surface area contributed by atoms with E-state index < -0.39 is 4.92 Å². The maximum atomic E-state index is 10.5. The predicted molar refractivity (Wildman–Crippen MR) is 91.2 cm³/mol. The van der Waals surface area contributed by atoms with E-state index >= 15 is 0 Å². The predicted octanol–water partition coefficient (Wildman–Crippen LogP) is 4.46. The Morgan fingerprint density at radius 1 is 0.773 bits per heavy atom. The van der Waals surface area contributed by atoms with Crippen LogP contribution in [0.5, 0.6) is 0 Å². The monoisotopic (exact) mass is 292 g/mol. The van der Waals surface area contributed by atoms with Crippen molar-refractivity contribution in [3.05, 3.63) is 94.1 Å². The third kappa shape index (κ3) is 4.76. The average Bonchev–Trinajstić information content (AvgIpc) is 2.53. The zero-order valence-electron chi connectivity index (χ0n) is 11.9. The van der Waals surface area contributed by atoms with Crippen LogP contribution < -0.4 is 5.73 Å². The van der Waals surface area contributed by atoms with Gasteiger partial charge in [-0.15, -0.1) is 0 Å². The molecule has 2 aromatic carbocycles. The van der Waals surface area contributed by atoms with Gasteiger partial charge in [0.05, 0.1) is 4.92 Å². The minimum Gasteiger partial charge on any atom is -0.399 e. The standard InChI is InChI=1S/C18H16N2O2/c19-17-11-7-15(8-12-17)5-3-1-2-4-6-16-9-13-18(14-10-16)20(21)22/h1-14H,19H2. The second-order valence-electron chi connectivity index (χ2n) is 4.62. The summed E-state index contributed by atoms with van der Waals surface area (Å²) in [5.74, 6) is 0. The van der Waals surface area contributed by atoms with E-state index in [-0.39, 0.29) is 5.69 Å². The molecule has 0 fully saturated rings. The Kier molecular flexibility index (Phi) is 5.26. The van der Waals surface area contributed by atoms with E-state index in [0.717, 1.165) is 16.8 Å². The molecule has 0 radical (unpaired) electrons. The number of anilines is 1. The fourth-order valence-corrected chi connectivity index (χ4v) is 1.78. The number of benzene rings is 2. The molecule has 0 aromatic heterocycles. The van der Waals surface area contributed by atoms with E-state index in [1.165, 1.54) is 12.1 Å². The summed E-state index contributed by atoms with van der Waals surface area (Å²) in [6, 6.07) is 14.0. The first-order valence-corrected chi connectivity index (χ1v) is 6.76. The topological polar surface area (TPSA) is 69.2 Å². The van der Waals surface area contributed by atoms with E-state index in [0.29, 0.717) is 0 Å². The number of non-ortho nitro benzene ring substituents is 1. The lowest BCUT2D eigenvalue weighted by molar-refractivity contribution is -0.384. The van der Waals surface area contributed by atoms with Gasteiger partial charge in [-0.3, -0.25) is 10.1 Å². The van der Waals surface area contributed by atoms with Crippen LogP contribution in [0.25, 0.3) is 12.2 Å². The molecule has 0 unspecified atom stereocenters. The molecule has 0 saturated heterocycles. The van der Waals surface area contributed by atoms with Gasteiger partial charge in [-0.2, -0.15) is 0 Å². The molecule has 0 aliphatic carbocycles. The smallest absolute Gasteiger partial charge is 0.269 e. The summed E-state index contributed by atoms with van der Waals surface area (Å²) in [5.41, 5.74) is 8.46. The fraction of sp³-hybridized carbons (Fsp3) is 0. The molecular weight excluding hydrogens is 276 g/mol. The van der Waals surface area contributed by atoms with Crippen molar-refractivity contribution in [2.75, 3.05) is 5.73 Å². The average molecular weight is 292 g/mol. The summed E-state index contributed by atoms with van der Waals surface area (Å²) < 4.78 is 0. The first-order chi connectivity index (χ1) is 10.6. The summed E-state index contributed by atoms with van der Waals surface area (Å²) in [7, 11) is 0. The molecule has 0 heterocycles. The second kappa shape index (κ2) is 7.59. The van der Waals surface area contributed by atoms with Gasteiger partial charge in [-0.05, 0) is 35.4 Å². The lowest BCUT2D eigenvalue weighted by Gasteiger charge is -1.93. The third-order valence-electron chi connectivity index (χ3n) is 2.95. The summed E-state index contributed by atoms with van der Waals surface area (Å²) in [4.78, 5) is 10.1. The fourth-order valence-electron chi connectivity index (χ4n) is 1.78. The number of nitro benzene ring substituents is 1. The lowest BCUT2D eigenvalue weighted by Crippen LogP contribution is -1.86. The lowest BCUT2D eigenvalue weighted by atomic mass is 10.2. The van der Waals surface area contributed by atoms with Gasteiger partial charge in [0, 0.05) is 17.8 Å². The van der Waals surface area contributed by atoms with Crippen LogP contribution in [0.4, 0.5) is 11.4 Å². The normalized spacial score (nSPS) is 11.6. The van der Waals surface area contributed by atoms with Crippen molar-refractivity contribution in [3.8, 4) is 0 Å². The molecule has 0 atom stereocenters. The van der Waals surface area contributed by atoms with Crippen LogP contribution in [-0.2, 0) is 0 Å². The van der Waals surface area contributed by atoms with Crippen molar-refractivity contribution < 1.29 is 4.92 Å². The van der Waals surface area contributed by atoms with Crippen molar-refractivity contribution >= 4 is 23.5 Å². The molecule has 110 valence electrons. The molecule has 0 aliphatic rings. The summed E-state index contributed by atoms with van der Waals surface area (Å²) in [6.07, 6.45) is 11.5. The number of allylic oxidation sites excluding steroid dienone is 4. The number of nitro groups is 1. The van der Waals surface area contributed by atoms with Gasteiger partial charge in [0.15, 0.2) is 0 Å². The molecule has 2 rings (SSSR count). The molecule has 0 saturated carbocycles. The molecule has 0 aliphatic heterocycles. The van der Waals surface area contributed by atoms with Gasteiger partial charge in [-0.1, -0.05) is 48.6 Å². The highest BCUT2D eigenvalue weighted by molar-refractivity contribution is 5.56. The molecule has 0 bridgehead atoms. The van der Waals surface area contributed by atoms with Crippen LogP contribution in [-0.4, -0.2) is 4.92 Å². The molecule has 2 aromatic rings. The highest BCUT2D eigenvalue weighted by Crippen LogP contribution is 2.12. The van der Waals surface area contributed by atoms with Gasteiger partial charge in [0.1, 0.15) is 0 Å². The number of nitrogen functional groups attached to an aromatic ring is 1. The third-order valence-corrected chi connectivity index (χ3v) is 2.95. The second-order valence-corrected chi connectivity index (χ2v) is 4.62. The Bertz CT molecular complexity index is 712. The maximum Gasteiger partial charge on any atom is 0.269 e. The zero-order valence-corrected chi connectivity index (χ0v) is 11.9. The Morgan fingerprint density at radius 2 is 1.23 bits per heavy atom. The number of nitrogens with two attached hydrogens (primary N) is 1. The zero-order chi connectivity index (χ0) is 15.8. The number of rotatable bonds is 5. The van der Waals surface area contributed by atoms with E-state index in [4.69, 9.17) is 5.73 Å². The van der Waals surface area contributed by atoms with Crippen molar-refractivity contribution in [1.29, 1.82) is 0 Å². The van der Waals surface area contributed by atoms with Crippen LogP contribution in [0, 0.1) is 10.1 Å². The van der Waals surface area contributed by atoms with Gasteiger partial charge in [0.25, 0.3) is 5.69 Å². The van der Waals surface area contributed by atoms with Crippen molar-refractivity contribution in [1.82, 2.24) is 0 Å². The van der Waals surface area contributed by atoms with Gasteiger partial charge >= 0.3 is 0 Å². The van der Waals surface area contributed by atoms with Gasteiger partial charge in [-0.25, -0.2) is 0 Å². The molecule has 2 N–H and O–H groups in total. The van der Waals surface area contributed by atoms with Crippen LogP contribution >= 0.6 is 0 Å². The Balaban J connectivity index is 1.88. The maximum absolute atomic E-state index is 10.5. The number of hydrogen-bond donors (Lipinski definition) is 1. The summed E-state index contributed by atoms with van der Waals surface area (Å²) >= 11 is 0. The first-order valence-electron chi connectivity index (χ1n) is 6.76. The van der Waals surface area contributed by atoms with E-state index in [1.54, 1.807) is 12.1 Å². The Morgan fingerprint density at radius 3 is 1.68 bits per heavy atom.